The van der Waals surface area contributed by atoms with Gasteiger partial charge < -0.3 is 20.3 Å². The number of ether oxygens (including phenoxy) is 2. The summed E-state index contributed by atoms with van der Waals surface area (Å²) >= 11 is 0. The monoisotopic (exact) mass is 410 g/mol. The van der Waals surface area contributed by atoms with E-state index in [-0.39, 0.29) is 13.2 Å². The number of amides is 1. The Labute approximate surface area is 175 Å². The first-order valence-corrected chi connectivity index (χ1v) is 9.70. The van der Waals surface area contributed by atoms with Crippen LogP contribution >= 0.6 is 0 Å². The van der Waals surface area contributed by atoms with E-state index in [0.717, 1.165) is 22.4 Å². The number of nitrogens with zero attached hydrogens (tertiary/aromatic N) is 3. The highest BCUT2D eigenvalue weighted by molar-refractivity contribution is 5.87. The molecule has 0 saturated carbocycles. The SMILES string of the molecule is CC(C)C[C@](C)(N)COc1ccc2c(c1C#N)OCc1cnc(N(C)C(=O)O)cc1-2. The number of nitrogens with two attached hydrogens (primary N) is 1. The number of anilines is 1. The fraction of sp³-hybridized carbons (Fsp3) is 0.409. The molecule has 3 N–H and O–H groups in total. The van der Waals surface area contributed by atoms with Crippen molar-refractivity contribution in [3.8, 4) is 28.7 Å². The number of aromatic nitrogens is 1. The second-order valence-corrected chi connectivity index (χ2v) is 8.30. The molecule has 0 saturated heterocycles. The number of rotatable bonds is 6. The van der Waals surface area contributed by atoms with E-state index in [9.17, 15) is 15.2 Å². The van der Waals surface area contributed by atoms with Gasteiger partial charge in [-0.15, -0.1) is 0 Å². The molecule has 2 aromatic rings. The molecular weight excluding hydrogens is 384 g/mol. The molecule has 1 aromatic carbocycles. The number of hydrogen-bond donors (Lipinski definition) is 2. The number of carboxylic acid groups (broad SMARTS) is 1. The zero-order valence-corrected chi connectivity index (χ0v) is 17.6. The Balaban J connectivity index is 1.96. The van der Waals surface area contributed by atoms with Crippen molar-refractivity contribution in [3.05, 3.63) is 35.5 Å². The molecular formula is C22H26N4O4. The molecule has 1 aliphatic heterocycles. The lowest BCUT2D eigenvalue weighted by molar-refractivity contribution is 0.203. The van der Waals surface area contributed by atoms with Crippen LogP contribution in [-0.2, 0) is 6.61 Å². The predicted molar refractivity (Wildman–Crippen MR) is 113 cm³/mol. The van der Waals surface area contributed by atoms with Crippen molar-refractivity contribution in [2.24, 2.45) is 11.7 Å². The molecule has 158 valence electrons. The molecule has 8 nitrogen and oxygen atoms in total. The lowest BCUT2D eigenvalue weighted by Gasteiger charge is -2.28. The molecule has 1 aromatic heterocycles. The van der Waals surface area contributed by atoms with Gasteiger partial charge in [0.05, 0.1) is 0 Å². The second-order valence-electron chi connectivity index (χ2n) is 8.30. The normalized spacial score (nSPS) is 14.0. The van der Waals surface area contributed by atoms with Crippen LogP contribution in [0.2, 0.25) is 0 Å². The number of fused-ring (bicyclic) bond motifs is 3. The summed E-state index contributed by atoms with van der Waals surface area (Å²) in [6.07, 6.45) is 1.27. The number of carbonyl (C=O) groups is 1. The maximum absolute atomic E-state index is 11.3. The summed E-state index contributed by atoms with van der Waals surface area (Å²) in [5.74, 6) is 1.55. The molecule has 0 fully saturated rings. The molecule has 2 heterocycles. The van der Waals surface area contributed by atoms with Crippen LogP contribution in [0.5, 0.6) is 11.5 Å². The fourth-order valence-corrected chi connectivity index (χ4v) is 3.66. The Morgan fingerprint density at radius 2 is 2.20 bits per heavy atom. The second kappa shape index (κ2) is 8.20. The number of pyridine rings is 1. The summed E-state index contributed by atoms with van der Waals surface area (Å²) in [5.41, 5.74) is 8.39. The van der Waals surface area contributed by atoms with Crippen molar-refractivity contribution >= 4 is 11.9 Å². The van der Waals surface area contributed by atoms with Crippen molar-refractivity contribution < 1.29 is 19.4 Å². The average Bonchev–Trinajstić information content (AvgIpc) is 2.69. The van der Waals surface area contributed by atoms with Gasteiger partial charge in [0, 0.05) is 29.9 Å². The topological polar surface area (TPSA) is 122 Å². The van der Waals surface area contributed by atoms with Gasteiger partial charge in [-0.05, 0) is 43.0 Å². The highest BCUT2D eigenvalue weighted by atomic mass is 16.5. The summed E-state index contributed by atoms with van der Waals surface area (Å²) in [7, 11) is 1.43. The van der Waals surface area contributed by atoms with E-state index in [1.807, 2.05) is 13.0 Å². The van der Waals surface area contributed by atoms with E-state index in [1.54, 1.807) is 18.3 Å². The molecule has 1 aliphatic rings. The Kier molecular flexibility index (Phi) is 5.85. The highest BCUT2D eigenvalue weighted by Gasteiger charge is 2.27. The van der Waals surface area contributed by atoms with Gasteiger partial charge in [-0.3, -0.25) is 4.90 Å². The van der Waals surface area contributed by atoms with Gasteiger partial charge in [0.2, 0.25) is 0 Å². The van der Waals surface area contributed by atoms with Gasteiger partial charge in [-0.25, -0.2) is 9.78 Å². The van der Waals surface area contributed by atoms with Crippen LogP contribution in [0, 0.1) is 17.2 Å². The van der Waals surface area contributed by atoms with Gasteiger partial charge >= 0.3 is 6.09 Å². The van der Waals surface area contributed by atoms with Gasteiger partial charge in [0.1, 0.15) is 42.2 Å². The van der Waals surface area contributed by atoms with Crippen molar-refractivity contribution in [1.29, 1.82) is 5.26 Å². The Hall–Kier alpha value is -3.31. The summed E-state index contributed by atoms with van der Waals surface area (Å²) in [4.78, 5) is 16.5. The highest BCUT2D eigenvalue weighted by Crippen LogP contribution is 2.43. The standard InChI is InChI=1S/C22H26N4O4/c1-13(2)8-22(3,24)12-30-18-6-5-15-16-7-19(26(4)21(27)28)25-10-14(16)11-29-20(15)17(18)9-23/h5-7,10,13H,8,11-12,24H2,1-4H3,(H,27,28)/t22-/m0/s1. The van der Waals surface area contributed by atoms with Gasteiger partial charge in [0.25, 0.3) is 0 Å². The summed E-state index contributed by atoms with van der Waals surface area (Å²) < 4.78 is 11.8. The van der Waals surface area contributed by atoms with Gasteiger partial charge in [0.15, 0.2) is 0 Å². The van der Waals surface area contributed by atoms with Crippen molar-refractivity contribution in [3.63, 3.8) is 0 Å². The number of hydrogen-bond acceptors (Lipinski definition) is 6. The molecule has 30 heavy (non-hydrogen) atoms. The number of benzene rings is 1. The van der Waals surface area contributed by atoms with E-state index < -0.39 is 11.6 Å². The van der Waals surface area contributed by atoms with Crippen LogP contribution in [0.25, 0.3) is 11.1 Å². The Bertz CT molecular complexity index is 1010. The quantitative estimate of drug-likeness (QED) is 0.743. The molecule has 0 radical (unpaired) electrons. The van der Waals surface area contributed by atoms with Crippen LogP contribution in [0.4, 0.5) is 10.6 Å². The molecule has 0 spiro atoms. The third-order valence-electron chi connectivity index (χ3n) is 4.93. The van der Waals surface area contributed by atoms with Crippen molar-refractivity contribution in [1.82, 2.24) is 4.98 Å². The van der Waals surface area contributed by atoms with Crippen LogP contribution < -0.4 is 20.1 Å². The van der Waals surface area contributed by atoms with Crippen LogP contribution in [-0.4, -0.2) is 35.4 Å². The minimum Gasteiger partial charge on any atom is -0.490 e. The largest absolute Gasteiger partial charge is 0.490 e. The predicted octanol–water partition coefficient (Wildman–Crippen LogP) is 3.77. The maximum atomic E-state index is 11.3. The van der Waals surface area contributed by atoms with Crippen molar-refractivity contribution in [2.45, 2.75) is 39.3 Å². The summed E-state index contributed by atoms with van der Waals surface area (Å²) in [6.45, 7) is 6.62. The van der Waals surface area contributed by atoms with Gasteiger partial charge in [-0.1, -0.05) is 13.8 Å². The molecule has 1 amide bonds. The summed E-state index contributed by atoms with van der Waals surface area (Å²) in [5, 5.41) is 19.0. The molecule has 0 aliphatic carbocycles. The van der Waals surface area contributed by atoms with E-state index in [0.29, 0.717) is 34.4 Å². The zero-order chi connectivity index (χ0) is 22.1. The van der Waals surface area contributed by atoms with E-state index in [2.05, 4.69) is 24.9 Å². The van der Waals surface area contributed by atoms with Crippen molar-refractivity contribution in [2.75, 3.05) is 18.6 Å². The zero-order valence-electron chi connectivity index (χ0n) is 17.6. The molecule has 8 heteroatoms. The fourth-order valence-electron chi connectivity index (χ4n) is 3.66. The molecule has 3 rings (SSSR count). The number of nitriles is 1. The first kappa shape index (κ1) is 21.4. The van der Waals surface area contributed by atoms with Crippen LogP contribution in [0.1, 0.15) is 38.3 Å². The first-order valence-electron chi connectivity index (χ1n) is 9.70. The lowest BCUT2D eigenvalue weighted by Crippen LogP contribution is -2.43. The third-order valence-corrected chi connectivity index (χ3v) is 4.93. The van der Waals surface area contributed by atoms with Crippen LogP contribution in [0.15, 0.2) is 24.4 Å². The molecule has 0 bridgehead atoms. The minimum atomic E-state index is -1.11. The third kappa shape index (κ3) is 4.31. The molecule has 0 unspecified atom stereocenters. The lowest BCUT2D eigenvalue weighted by atomic mass is 9.92. The van der Waals surface area contributed by atoms with Gasteiger partial charge in [-0.2, -0.15) is 5.26 Å². The Morgan fingerprint density at radius 3 is 2.83 bits per heavy atom. The van der Waals surface area contributed by atoms with Crippen LogP contribution in [0.3, 0.4) is 0 Å². The maximum Gasteiger partial charge on any atom is 0.412 e. The van der Waals surface area contributed by atoms with E-state index in [4.69, 9.17) is 15.2 Å². The average molecular weight is 410 g/mol. The first-order chi connectivity index (χ1) is 14.1. The Morgan fingerprint density at radius 1 is 1.47 bits per heavy atom. The summed E-state index contributed by atoms with van der Waals surface area (Å²) in [6, 6.07) is 7.40. The van der Waals surface area contributed by atoms with E-state index in [1.165, 1.54) is 7.05 Å². The minimum absolute atomic E-state index is 0.229. The molecule has 1 atom stereocenters. The smallest absolute Gasteiger partial charge is 0.412 e. The van der Waals surface area contributed by atoms with E-state index >= 15 is 0 Å².